The van der Waals surface area contributed by atoms with Gasteiger partial charge in [0.15, 0.2) is 0 Å². The zero-order chi connectivity index (χ0) is 24.2. The van der Waals surface area contributed by atoms with E-state index in [0.717, 1.165) is 43.3 Å². The molecule has 0 fully saturated rings. The summed E-state index contributed by atoms with van der Waals surface area (Å²) in [5.74, 6) is -1.49. The number of carbonyl (C=O) groups excluding carboxylic acids is 1. The molecule has 1 amide bonds. The van der Waals surface area contributed by atoms with Gasteiger partial charge in [0, 0.05) is 27.9 Å². The van der Waals surface area contributed by atoms with Crippen LogP contribution in [-0.2, 0) is 4.79 Å². The molecule has 1 atom stereocenters. The molecule has 34 heavy (non-hydrogen) atoms. The van der Waals surface area contributed by atoms with Crippen molar-refractivity contribution in [3.63, 3.8) is 0 Å². The van der Waals surface area contributed by atoms with Gasteiger partial charge in [0.25, 0.3) is 5.91 Å². The second kappa shape index (κ2) is 10.2. The minimum Gasteiger partial charge on any atom is -0.481 e. The van der Waals surface area contributed by atoms with Crippen molar-refractivity contribution in [2.45, 2.75) is 26.2 Å². The smallest absolute Gasteiger partial charge is 0.304 e. The second-order valence-corrected chi connectivity index (χ2v) is 9.32. The van der Waals surface area contributed by atoms with Gasteiger partial charge < -0.3 is 10.4 Å². The Kier molecular flexibility index (Phi) is 7.08. The van der Waals surface area contributed by atoms with Crippen molar-refractivity contribution in [1.82, 2.24) is 10.3 Å². The SMILES string of the molecule is Cc1cccc([C@@H](CNC(=O)c2c(C)c(-c3ccccc3)nc3ccc(Br)cc23)CC(=O)O)c1. The topological polar surface area (TPSA) is 79.3 Å². The normalized spacial score (nSPS) is 11.9. The first-order valence-corrected chi connectivity index (χ1v) is 11.8. The van der Waals surface area contributed by atoms with Crippen LogP contribution in [0.15, 0.2) is 77.3 Å². The van der Waals surface area contributed by atoms with Gasteiger partial charge in [-0.3, -0.25) is 9.59 Å². The summed E-state index contributed by atoms with van der Waals surface area (Å²) in [6.07, 6.45) is -0.0688. The number of aromatic nitrogens is 1. The number of carboxylic acids is 1. The van der Waals surface area contributed by atoms with Gasteiger partial charge in [-0.2, -0.15) is 0 Å². The number of halogens is 1. The van der Waals surface area contributed by atoms with Crippen molar-refractivity contribution in [2.75, 3.05) is 6.54 Å². The number of hydrogen-bond donors (Lipinski definition) is 2. The highest BCUT2D eigenvalue weighted by molar-refractivity contribution is 9.10. The number of nitrogens with one attached hydrogen (secondary N) is 1. The molecule has 172 valence electrons. The maximum Gasteiger partial charge on any atom is 0.304 e. The number of rotatable bonds is 7. The summed E-state index contributed by atoms with van der Waals surface area (Å²) in [7, 11) is 0. The lowest BCUT2D eigenvalue weighted by atomic mass is 9.93. The summed E-state index contributed by atoms with van der Waals surface area (Å²) in [5, 5.41) is 13.2. The van der Waals surface area contributed by atoms with Crippen molar-refractivity contribution >= 4 is 38.7 Å². The van der Waals surface area contributed by atoms with Crippen molar-refractivity contribution in [3.8, 4) is 11.3 Å². The summed E-state index contributed by atoms with van der Waals surface area (Å²) in [5.41, 5.74) is 5.67. The molecule has 0 aliphatic heterocycles. The van der Waals surface area contributed by atoms with E-state index in [2.05, 4.69) is 21.2 Å². The van der Waals surface area contributed by atoms with Gasteiger partial charge in [-0.25, -0.2) is 4.98 Å². The van der Waals surface area contributed by atoms with Gasteiger partial charge in [-0.05, 0) is 43.2 Å². The Labute approximate surface area is 207 Å². The fourth-order valence-electron chi connectivity index (χ4n) is 4.25. The number of carboxylic acid groups (broad SMARTS) is 1. The number of benzene rings is 3. The Hall–Kier alpha value is -3.51. The molecule has 6 heteroatoms. The van der Waals surface area contributed by atoms with Crippen LogP contribution in [0.4, 0.5) is 0 Å². The molecular formula is C28H25BrN2O3. The van der Waals surface area contributed by atoms with Crippen LogP contribution in [-0.4, -0.2) is 28.5 Å². The molecule has 4 aromatic rings. The first-order valence-electron chi connectivity index (χ1n) is 11.1. The predicted molar refractivity (Wildman–Crippen MR) is 138 cm³/mol. The van der Waals surface area contributed by atoms with Crippen molar-refractivity contribution < 1.29 is 14.7 Å². The zero-order valence-corrected chi connectivity index (χ0v) is 20.6. The lowest BCUT2D eigenvalue weighted by Gasteiger charge is -2.19. The lowest BCUT2D eigenvalue weighted by Crippen LogP contribution is -2.30. The Bertz CT molecular complexity index is 1370. The zero-order valence-electron chi connectivity index (χ0n) is 19.0. The van der Waals surface area contributed by atoms with E-state index in [0.29, 0.717) is 5.56 Å². The average Bonchev–Trinajstić information content (AvgIpc) is 2.81. The minimum atomic E-state index is -0.901. The van der Waals surface area contributed by atoms with Crippen LogP contribution in [0.1, 0.15) is 39.4 Å². The predicted octanol–water partition coefficient (Wildman–Crippen LogP) is 6.27. The molecule has 0 aliphatic rings. The first kappa shape index (κ1) is 23.6. The van der Waals surface area contributed by atoms with Gasteiger partial charge >= 0.3 is 5.97 Å². The molecule has 3 aromatic carbocycles. The molecule has 1 aromatic heterocycles. The van der Waals surface area contributed by atoms with E-state index in [-0.39, 0.29) is 24.8 Å². The Balaban J connectivity index is 1.73. The summed E-state index contributed by atoms with van der Waals surface area (Å²) in [6, 6.07) is 23.2. The molecule has 0 saturated carbocycles. The molecule has 0 saturated heterocycles. The summed E-state index contributed by atoms with van der Waals surface area (Å²) < 4.78 is 0.853. The quantitative estimate of drug-likeness (QED) is 0.303. The first-order chi connectivity index (χ1) is 16.3. The van der Waals surface area contributed by atoms with Gasteiger partial charge in [0.1, 0.15) is 0 Å². The number of carbonyl (C=O) groups is 2. The number of aryl methyl sites for hydroxylation is 1. The van der Waals surface area contributed by atoms with E-state index in [4.69, 9.17) is 4.98 Å². The summed E-state index contributed by atoms with van der Waals surface area (Å²) >= 11 is 3.51. The average molecular weight is 517 g/mol. The van der Waals surface area contributed by atoms with Crippen LogP contribution in [0.2, 0.25) is 0 Å². The fraction of sp³-hybridized carbons (Fsp3) is 0.179. The number of amides is 1. The number of fused-ring (bicyclic) bond motifs is 1. The Morgan fingerprint density at radius 2 is 1.76 bits per heavy atom. The highest BCUT2D eigenvalue weighted by Crippen LogP contribution is 2.31. The summed E-state index contributed by atoms with van der Waals surface area (Å²) in [6.45, 7) is 4.09. The fourth-order valence-corrected chi connectivity index (χ4v) is 4.61. The third kappa shape index (κ3) is 5.18. The van der Waals surface area contributed by atoms with Gasteiger partial charge in [-0.1, -0.05) is 76.1 Å². The maximum absolute atomic E-state index is 13.6. The minimum absolute atomic E-state index is 0.0688. The molecular weight excluding hydrogens is 492 g/mol. The molecule has 0 aliphatic carbocycles. The van der Waals surface area contributed by atoms with Gasteiger partial charge in [0.05, 0.1) is 23.2 Å². The molecule has 0 unspecified atom stereocenters. The molecule has 0 radical (unpaired) electrons. The van der Waals surface area contributed by atoms with E-state index >= 15 is 0 Å². The number of nitrogens with zero attached hydrogens (tertiary/aromatic N) is 1. The Morgan fingerprint density at radius 1 is 1.00 bits per heavy atom. The van der Waals surface area contributed by atoms with Crippen LogP contribution in [0, 0.1) is 13.8 Å². The standard InChI is InChI=1S/C28H25BrN2O3/c1-17-7-6-10-20(13-17)21(14-25(32)33)16-30-28(34)26-18(2)27(19-8-4-3-5-9-19)31-24-12-11-22(29)15-23(24)26/h3-13,15,21H,14,16H2,1-2H3,(H,30,34)(H,32,33)/t21-/m1/s1. The molecule has 4 rings (SSSR count). The lowest BCUT2D eigenvalue weighted by molar-refractivity contribution is -0.137. The van der Waals surface area contributed by atoms with Gasteiger partial charge in [0.2, 0.25) is 0 Å². The largest absolute Gasteiger partial charge is 0.481 e. The second-order valence-electron chi connectivity index (χ2n) is 8.41. The maximum atomic E-state index is 13.6. The van der Waals surface area contributed by atoms with E-state index in [1.54, 1.807) is 0 Å². The summed E-state index contributed by atoms with van der Waals surface area (Å²) in [4.78, 5) is 29.9. The van der Waals surface area contributed by atoms with Crippen molar-refractivity contribution in [1.29, 1.82) is 0 Å². The number of aliphatic carboxylic acids is 1. The highest BCUT2D eigenvalue weighted by atomic mass is 79.9. The van der Waals surface area contributed by atoms with E-state index in [9.17, 15) is 14.7 Å². The van der Waals surface area contributed by atoms with Gasteiger partial charge in [-0.15, -0.1) is 0 Å². The molecule has 2 N–H and O–H groups in total. The van der Waals surface area contributed by atoms with Crippen LogP contribution in [0.25, 0.3) is 22.2 Å². The molecule has 0 bridgehead atoms. The van der Waals surface area contributed by atoms with Crippen LogP contribution in [0.5, 0.6) is 0 Å². The Morgan fingerprint density at radius 3 is 2.47 bits per heavy atom. The van der Waals surface area contributed by atoms with Crippen molar-refractivity contribution in [2.24, 2.45) is 0 Å². The van der Waals surface area contributed by atoms with Crippen LogP contribution < -0.4 is 5.32 Å². The monoisotopic (exact) mass is 516 g/mol. The molecule has 5 nitrogen and oxygen atoms in total. The third-order valence-electron chi connectivity index (χ3n) is 5.91. The van der Waals surface area contributed by atoms with Crippen molar-refractivity contribution in [3.05, 3.63) is 99.5 Å². The number of pyridine rings is 1. The van der Waals surface area contributed by atoms with E-state index in [1.165, 1.54) is 0 Å². The van der Waals surface area contributed by atoms with E-state index in [1.807, 2.05) is 86.6 Å². The van der Waals surface area contributed by atoms with Crippen LogP contribution >= 0.6 is 15.9 Å². The highest BCUT2D eigenvalue weighted by Gasteiger charge is 2.22. The molecule has 1 heterocycles. The van der Waals surface area contributed by atoms with E-state index < -0.39 is 5.97 Å². The molecule has 0 spiro atoms. The van der Waals surface area contributed by atoms with Crippen LogP contribution in [0.3, 0.4) is 0 Å². The third-order valence-corrected chi connectivity index (χ3v) is 6.40. The number of hydrogen-bond acceptors (Lipinski definition) is 3.